The quantitative estimate of drug-likeness (QED) is 0.222. The average molecular weight is 486 g/mol. The van der Waals surface area contributed by atoms with E-state index in [1.165, 1.54) is 0 Å². The highest BCUT2D eigenvalue weighted by Gasteiger charge is 2.12. The number of hydrogen-bond donors (Lipinski definition) is 2. The molecule has 0 aliphatic carbocycles. The van der Waals surface area contributed by atoms with Crippen molar-refractivity contribution in [2.45, 2.75) is 52.5 Å². The molecule has 2 rings (SSSR count). The predicted molar refractivity (Wildman–Crippen MR) is 120 cm³/mol. The minimum Gasteiger partial charge on any atom is -0.469 e. The second kappa shape index (κ2) is 12.6. The fourth-order valence-corrected chi connectivity index (χ4v) is 2.63. The molecule has 0 amide bonds. The Morgan fingerprint density at radius 3 is 2.67 bits per heavy atom. The highest BCUT2D eigenvalue weighted by atomic mass is 127. The van der Waals surface area contributed by atoms with Gasteiger partial charge in [-0.3, -0.25) is 0 Å². The molecule has 0 atom stereocenters. The Morgan fingerprint density at radius 2 is 2.04 bits per heavy atom. The van der Waals surface area contributed by atoms with E-state index in [1.54, 1.807) is 6.26 Å². The Labute approximate surface area is 178 Å². The van der Waals surface area contributed by atoms with Gasteiger partial charge in [0.05, 0.1) is 12.0 Å². The molecular weight excluding hydrogens is 455 g/mol. The van der Waals surface area contributed by atoms with Crippen molar-refractivity contribution in [1.82, 2.24) is 15.8 Å². The lowest BCUT2D eigenvalue weighted by molar-refractivity contribution is 0.372. The van der Waals surface area contributed by atoms with E-state index < -0.39 is 0 Å². The van der Waals surface area contributed by atoms with Crippen LogP contribution in [0.15, 0.2) is 50.5 Å². The van der Waals surface area contributed by atoms with Crippen molar-refractivity contribution in [1.29, 1.82) is 0 Å². The summed E-state index contributed by atoms with van der Waals surface area (Å²) in [4.78, 5) is 4.60. The van der Waals surface area contributed by atoms with Crippen LogP contribution in [0.1, 0.15) is 56.7 Å². The van der Waals surface area contributed by atoms with Gasteiger partial charge in [-0.15, -0.1) is 24.0 Å². The molecule has 27 heavy (non-hydrogen) atoms. The molecule has 0 fully saturated rings. The number of halogens is 1. The second-order valence-electron chi connectivity index (χ2n) is 6.46. The monoisotopic (exact) mass is 486 g/mol. The molecule has 2 aromatic rings. The maximum Gasteiger partial charge on any atom is 0.191 e. The molecule has 0 aliphatic heterocycles. The van der Waals surface area contributed by atoms with Crippen molar-refractivity contribution in [2.24, 2.45) is 4.99 Å². The molecule has 0 radical (unpaired) electrons. The van der Waals surface area contributed by atoms with Crippen molar-refractivity contribution >= 4 is 29.9 Å². The van der Waals surface area contributed by atoms with Crippen molar-refractivity contribution < 1.29 is 8.94 Å². The molecule has 0 spiro atoms. The molecule has 7 heteroatoms. The van der Waals surface area contributed by atoms with E-state index in [-0.39, 0.29) is 24.0 Å². The van der Waals surface area contributed by atoms with Gasteiger partial charge in [-0.2, -0.15) is 0 Å². The van der Waals surface area contributed by atoms with E-state index in [0.717, 1.165) is 54.6 Å². The summed E-state index contributed by atoms with van der Waals surface area (Å²) in [5.41, 5.74) is 2.06. The van der Waals surface area contributed by atoms with E-state index >= 15 is 0 Å². The molecule has 2 N–H and O–H groups in total. The maximum absolute atomic E-state index is 5.44. The molecule has 6 nitrogen and oxygen atoms in total. The number of rotatable bonds is 10. The van der Waals surface area contributed by atoms with Crippen molar-refractivity contribution in [2.75, 3.05) is 13.1 Å². The molecular formula is C20H31IN4O2. The number of guanidine groups is 1. The highest BCUT2D eigenvalue weighted by Crippen LogP contribution is 2.22. The average Bonchev–Trinajstić information content (AvgIpc) is 3.30. The van der Waals surface area contributed by atoms with Crippen LogP contribution in [0.3, 0.4) is 0 Å². The van der Waals surface area contributed by atoms with Gasteiger partial charge >= 0.3 is 0 Å². The Kier molecular flexibility index (Phi) is 10.8. The standard InChI is InChI=1S/C20H30N4O2.HI/c1-5-16(6-2)19-12-18(26-24-19)14-23-20(22-13-15(3)4)21-10-9-17-8-7-11-25-17;/h7-8,11-12,16H,3,5-6,9-10,13-14H2,1-2,4H3,(H2,21,22,23);1H. The van der Waals surface area contributed by atoms with Gasteiger partial charge in [0.1, 0.15) is 12.3 Å². The summed E-state index contributed by atoms with van der Waals surface area (Å²) < 4.78 is 10.8. The summed E-state index contributed by atoms with van der Waals surface area (Å²) >= 11 is 0. The van der Waals surface area contributed by atoms with Gasteiger partial charge in [-0.25, -0.2) is 4.99 Å². The molecule has 0 aromatic carbocycles. The first-order valence-electron chi connectivity index (χ1n) is 9.26. The third-order valence-electron chi connectivity index (χ3n) is 4.18. The van der Waals surface area contributed by atoms with Crippen molar-refractivity contribution in [3.8, 4) is 0 Å². The Morgan fingerprint density at radius 1 is 1.26 bits per heavy atom. The van der Waals surface area contributed by atoms with Crippen LogP contribution < -0.4 is 10.6 Å². The number of furan rings is 1. The van der Waals surface area contributed by atoms with Crippen LogP contribution in [0.5, 0.6) is 0 Å². The first kappa shape index (κ1) is 23.3. The summed E-state index contributed by atoms with van der Waals surface area (Å²) in [5, 5.41) is 10.8. The van der Waals surface area contributed by atoms with Crippen LogP contribution in [-0.4, -0.2) is 24.2 Å². The fourth-order valence-electron chi connectivity index (χ4n) is 2.63. The van der Waals surface area contributed by atoms with Crippen LogP contribution in [-0.2, 0) is 13.0 Å². The lowest BCUT2D eigenvalue weighted by Gasteiger charge is -2.11. The topological polar surface area (TPSA) is 75.6 Å². The summed E-state index contributed by atoms with van der Waals surface area (Å²) in [6, 6.07) is 5.87. The number of aliphatic imine (C=N–C) groups is 1. The molecule has 0 unspecified atom stereocenters. The molecule has 0 saturated carbocycles. The van der Waals surface area contributed by atoms with Gasteiger partial charge in [0.15, 0.2) is 11.7 Å². The third kappa shape index (κ3) is 8.19. The summed E-state index contributed by atoms with van der Waals surface area (Å²) in [5.74, 6) is 2.89. The van der Waals surface area contributed by atoms with E-state index in [9.17, 15) is 0 Å². The zero-order chi connectivity index (χ0) is 18.8. The first-order valence-corrected chi connectivity index (χ1v) is 9.26. The normalized spacial score (nSPS) is 11.3. The van der Waals surface area contributed by atoms with Crippen molar-refractivity contribution in [3.05, 3.63) is 53.8 Å². The number of nitrogens with one attached hydrogen (secondary N) is 2. The molecule has 150 valence electrons. The molecule has 0 saturated heterocycles. The smallest absolute Gasteiger partial charge is 0.191 e. The van der Waals surface area contributed by atoms with E-state index in [0.29, 0.717) is 19.0 Å². The van der Waals surface area contributed by atoms with E-state index in [1.807, 2.05) is 25.1 Å². The third-order valence-corrected chi connectivity index (χ3v) is 4.18. The van der Waals surface area contributed by atoms with Gasteiger partial charge < -0.3 is 19.6 Å². The molecule has 0 bridgehead atoms. The largest absolute Gasteiger partial charge is 0.469 e. The Hall–Kier alpha value is -1.77. The number of aromatic nitrogens is 1. The zero-order valence-electron chi connectivity index (χ0n) is 16.5. The summed E-state index contributed by atoms with van der Waals surface area (Å²) in [6.45, 7) is 12.1. The van der Waals surface area contributed by atoms with Gasteiger partial charge in [-0.05, 0) is 31.9 Å². The minimum atomic E-state index is 0. The van der Waals surface area contributed by atoms with Crippen LogP contribution >= 0.6 is 24.0 Å². The minimum absolute atomic E-state index is 0. The SMILES string of the molecule is C=C(C)CNC(=NCc1cc(C(CC)CC)no1)NCCc1ccco1.I. The summed E-state index contributed by atoms with van der Waals surface area (Å²) in [7, 11) is 0. The highest BCUT2D eigenvalue weighted by molar-refractivity contribution is 14.0. The predicted octanol–water partition coefficient (Wildman–Crippen LogP) is 4.64. The van der Waals surface area contributed by atoms with Crippen LogP contribution in [0.25, 0.3) is 0 Å². The Balaban J connectivity index is 0.00000364. The Bertz CT molecular complexity index is 691. The number of hydrogen-bond acceptors (Lipinski definition) is 4. The van der Waals surface area contributed by atoms with Gasteiger partial charge in [-0.1, -0.05) is 31.2 Å². The van der Waals surface area contributed by atoms with E-state index in [4.69, 9.17) is 8.94 Å². The maximum atomic E-state index is 5.44. The molecule has 2 heterocycles. The van der Waals surface area contributed by atoms with Crippen LogP contribution in [0.4, 0.5) is 0 Å². The van der Waals surface area contributed by atoms with Gasteiger partial charge in [0.2, 0.25) is 0 Å². The van der Waals surface area contributed by atoms with E-state index in [2.05, 4.69) is 41.2 Å². The summed E-state index contributed by atoms with van der Waals surface area (Å²) in [6.07, 6.45) is 4.60. The van der Waals surface area contributed by atoms with Gasteiger partial charge in [0, 0.05) is 31.5 Å². The second-order valence-corrected chi connectivity index (χ2v) is 6.46. The number of nitrogens with zero attached hydrogens (tertiary/aromatic N) is 2. The first-order chi connectivity index (χ1) is 12.6. The van der Waals surface area contributed by atoms with Crippen molar-refractivity contribution in [3.63, 3.8) is 0 Å². The lowest BCUT2D eigenvalue weighted by atomic mass is 9.99. The van der Waals surface area contributed by atoms with Crippen LogP contribution in [0.2, 0.25) is 0 Å². The van der Waals surface area contributed by atoms with Gasteiger partial charge in [0.25, 0.3) is 0 Å². The lowest BCUT2D eigenvalue weighted by Crippen LogP contribution is -2.39. The molecule has 2 aromatic heterocycles. The zero-order valence-corrected chi connectivity index (χ0v) is 18.8. The molecule has 0 aliphatic rings. The van der Waals surface area contributed by atoms with Crippen LogP contribution in [0, 0.1) is 0 Å². The fraction of sp³-hybridized carbons (Fsp3) is 0.500.